The predicted molar refractivity (Wildman–Crippen MR) is 153 cm³/mol. The number of aromatic nitrogens is 4. The Labute approximate surface area is 228 Å². The fourth-order valence-electron chi connectivity index (χ4n) is 6.95. The molecule has 2 aliphatic rings. The Hall–Kier alpha value is -2.71. The molecule has 0 amide bonds. The molecule has 7 nitrogen and oxygen atoms in total. The summed E-state index contributed by atoms with van der Waals surface area (Å²) in [5.41, 5.74) is 8.15. The molecular formula is C30H39N5O2S. The smallest absolute Gasteiger partial charge is 0.320 e. The number of H-pyrrole nitrogens is 1. The van der Waals surface area contributed by atoms with Crippen molar-refractivity contribution in [1.82, 2.24) is 24.5 Å². The maximum atomic E-state index is 12.5. The number of esters is 1. The van der Waals surface area contributed by atoms with E-state index in [1.165, 1.54) is 55.0 Å². The average molecular weight is 534 g/mol. The van der Waals surface area contributed by atoms with E-state index in [4.69, 9.17) is 4.74 Å². The van der Waals surface area contributed by atoms with Crippen molar-refractivity contribution >= 4 is 33.2 Å². The number of pyridine rings is 1. The van der Waals surface area contributed by atoms with E-state index in [-0.39, 0.29) is 5.97 Å². The molecule has 1 aliphatic carbocycles. The number of aromatic amines is 1. The number of hydrogen-bond donors (Lipinski definition) is 1. The third-order valence-corrected chi connectivity index (χ3v) is 10.0. The van der Waals surface area contributed by atoms with Gasteiger partial charge in [-0.25, -0.2) is 9.50 Å². The van der Waals surface area contributed by atoms with E-state index in [9.17, 15) is 4.79 Å². The first-order chi connectivity index (χ1) is 17.9. The van der Waals surface area contributed by atoms with Crippen molar-refractivity contribution in [3.8, 4) is 11.3 Å². The molecule has 3 atom stereocenters. The van der Waals surface area contributed by atoms with Crippen molar-refractivity contribution in [1.29, 1.82) is 0 Å². The lowest BCUT2D eigenvalue weighted by Crippen LogP contribution is -2.40. The molecule has 1 saturated carbocycles. The number of ether oxygens (including phenoxy) is 1. The van der Waals surface area contributed by atoms with Crippen molar-refractivity contribution < 1.29 is 9.53 Å². The first-order valence-electron chi connectivity index (χ1n) is 13.8. The van der Waals surface area contributed by atoms with Crippen LogP contribution in [0.1, 0.15) is 86.4 Å². The van der Waals surface area contributed by atoms with Crippen molar-refractivity contribution in [2.75, 3.05) is 13.1 Å². The van der Waals surface area contributed by atoms with Crippen LogP contribution in [0.25, 0.3) is 27.1 Å². The van der Waals surface area contributed by atoms with E-state index < -0.39 is 5.60 Å². The third-order valence-electron chi connectivity index (χ3n) is 8.68. The van der Waals surface area contributed by atoms with Crippen LogP contribution >= 0.6 is 11.3 Å². The number of nitrogens with one attached hydrogen (secondary N) is 1. The van der Waals surface area contributed by atoms with Crippen molar-refractivity contribution in [3.05, 3.63) is 39.7 Å². The van der Waals surface area contributed by atoms with Gasteiger partial charge in [-0.05, 0) is 94.4 Å². The number of likely N-dealkylation sites (tertiary alicyclic amines) is 1. The Morgan fingerprint density at radius 3 is 2.61 bits per heavy atom. The summed E-state index contributed by atoms with van der Waals surface area (Å²) in [6, 6.07) is 0.470. The fraction of sp³-hybridized carbons (Fsp3) is 0.567. The Morgan fingerprint density at radius 2 is 1.95 bits per heavy atom. The van der Waals surface area contributed by atoms with Crippen molar-refractivity contribution in [3.63, 3.8) is 0 Å². The van der Waals surface area contributed by atoms with Crippen LogP contribution in [0.15, 0.2) is 12.5 Å². The topological polar surface area (TPSA) is 75.5 Å². The number of carbonyl (C=O) groups excluding carboxylic acids is 1. The lowest BCUT2D eigenvalue weighted by Gasteiger charge is -2.31. The molecular weight excluding hydrogens is 494 g/mol. The van der Waals surface area contributed by atoms with Gasteiger partial charge in [0.15, 0.2) is 5.65 Å². The van der Waals surface area contributed by atoms with Crippen LogP contribution in [-0.4, -0.2) is 55.2 Å². The zero-order valence-electron chi connectivity index (χ0n) is 23.8. The lowest BCUT2D eigenvalue weighted by molar-refractivity contribution is -0.156. The van der Waals surface area contributed by atoms with E-state index in [0.29, 0.717) is 30.3 Å². The van der Waals surface area contributed by atoms with Crippen LogP contribution in [0, 0.1) is 26.7 Å². The molecule has 4 aromatic rings. The summed E-state index contributed by atoms with van der Waals surface area (Å²) >= 11 is 1.95. The molecule has 0 unspecified atom stereocenters. The van der Waals surface area contributed by atoms with Gasteiger partial charge in [0.1, 0.15) is 16.8 Å². The van der Waals surface area contributed by atoms with Gasteiger partial charge in [-0.15, -0.1) is 11.3 Å². The highest BCUT2D eigenvalue weighted by molar-refractivity contribution is 7.19. The van der Waals surface area contributed by atoms with Gasteiger partial charge in [-0.1, -0.05) is 13.8 Å². The number of nitrogens with zero attached hydrogens (tertiary/aromatic N) is 4. The first kappa shape index (κ1) is 25.6. The number of hydrogen-bond acceptors (Lipinski definition) is 6. The van der Waals surface area contributed by atoms with Crippen LogP contribution in [0.5, 0.6) is 0 Å². The third kappa shape index (κ3) is 4.08. The summed E-state index contributed by atoms with van der Waals surface area (Å²) in [5, 5.41) is 5.83. The molecule has 2 fully saturated rings. The minimum absolute atomic E-state index is 0.106. The summed E-state index contributed by atoms with van der Waals surface area (Å²) in [6.45, 7) is 18.4. The van der Waals surface area contributed by atoms with Gasteiger partial charge in [0.05, 0.1) is 12.2 Å². The standard InChI is InChI=1S/C30H39N5O2S/c1-15(2)24-25-18(5)27(21-10-20-9-19(21)11-34(20)13-23(36)37-30(6,7)8)38-29(25)33-26(24)22-12-35-28(31-14-32-35)17(4)16(22)3/h12,14-15,19-21,33H,9-11,13H2,1-8H3/t19-,20-,21+/m0/s1. The Bertz CT molecular complexity index is 1550. The van der Waals surface area contributed by atoms with Crippen LogP contribution in [-0.2, 0) is 9.53 Å². The summed E-state index contributed by atoms with van der Waals surface area (Å²) in [6.07, 6.45) is 6.06. The van der Waals surface area contributed by atoms with Gasteiger partial charge in [0.2, 0.25) is 0 Å². The molecule has 6 rings (SSSR count). The minimum atomic E-state index is -0.432. The molecule has 2 bridgehead atoms. The highest BCUT2D eigenvalue weighted by atomic mass is 32.1. The fourth-order valence-corrected chi connectivity index (χ4v) is 8.38. The van der Waals surface area contributed by atoms with Gasteiger partial charge < -0.3 is 9.72 Å². The zero-order chi connectivity index (χ0) is 27.1. The normalized spacial score (nSPS) is 22.0. The van der Waals surface area contributed by atoms with Crippen LogP contribution in [0.4, 0.5) is 0 Å². The number of aryl methyl sites for hydroxylation is 2. The SMILES string of the molecule is Cc1c(-c2[nH]c3sc([C@@H]4C[C@@H]5C[C@H]4CN5CC(=O)OC(C)(C)C)c(C)c3c2C(C)C)cn2ncnc2c1C. The maximum Gasteiger partial charge on any atom is 0.320 e. The van der Waals surface area contributed by atoms with Gasteiger partial charge in [0, 0.05) is 34.6 Å². The van der Waals surface area contributed by atoms with Gasteiger partial charge in [-0.3, -0.25) is 9.69 Å². The lowest BCUT2D eigenvalue weighted by atomic mass is 9.88. The Morgan fingerprint density at radius 1 is 1.18 bits per heavy atom. The first-order valence-corrected chi connectivity index (χ1v) is 14.6. The molecule has 1 aliphatic heterocycles. The maximum absolute atomic E-state index is 12.5. The molecule has 0 aromatic carbocycles. The van der Waals surface area contributed by atoms with Gasteiger partial charge in [-0.2, -0.15) is 5.10 Å². The second kappa shape index (κ2) is 8.91. The molecule has 202 valence electrons. The highest BCUT2D eigenvalue weighted by Gasteiger charge is 2.47. The predicted octanol–water partition coefficient (Wildman–Crippen LogP) is 6.51. The summed E-state index contributed by atoms with van der Waals surface area (Å²) in [7, 11) is 0. The number of fused-ring (bicyclic) bond motifs is 4. The number of rotatable bonds is 5. The minimum Gasteiger partial charge on any atom is -0.459 e. The summed E-state index contributed by atoms with van der Waals surface area (Å²) in [5.74, 6) is 1.45. The highest BCUT2D eigenvalue weighted by Crippen LogP contribution is 2.53. The molecule has 8 heteroatoms. The largest absolute Gasteiger partial charge is 0.459 e. The molecule has 0 radical (unpaired) electrons. The average Bonchev–Trinajstić information content (AvgIpc) is 3.62. The van der Waals surface area contributed by atoms with E-state index in [1.807, 2.05) is 36.6 Å². The summed E-state index contributed by atoms with van der Waals surface area (Å²) < 4.78 is 7.49. The van der Waals surface area contributed by atoms with Crippen molar-refractivity contribution in [2.24, 2.45) is 5.92 Å². The summed E-state index contributed by atoms with van der Waals surface area (Å²) in [4.78, 5) is 25.9. The van der Waals surface area contributed by atoms with E-state index in [2.05, 4.69) is 60.8 Å². The second-order valence-corrected chi connectivity index (χ2v) is 13.7. The molecule has 38 heavy (non-hydrogen) atoms. The number of piperidine rings is 1. The quantitative estimate of drug-likeness (QED) is 0.296. The Kier molecular flexibility index (Phi) is 6.00. The van der Waals surface area contributed by atoms with E-state index in [1.54, 1.807) is 6.33 Å². The van der Waals surface area contributed by atoms with E-state index in [0.717, 1.165) is 18.6 Å². The second-order valence-electron chi connectivity index (χ2n) is 12.7. The molecule has 0 spiro atoms. The van der Waals surface area contributed by atoms with Crippen LogP contribution < -0.4 is 0 Å². The number of thiophene rings is 1. The van der Waals surface area contributed by atoms with E-state index >= 15 is 0 Å². The van der Waals surface area contributed by atoms with Crippen LogP contribution in [0.3, 0.4) is 0 Å². The molecule has 4 aromatic heterocycles. The Balaban J connectivity index is 1.32. The van der Waals surface area contributed by atoms with Gasteiger partial charge >= 0.3 is 5.97 Å². The number of carbonyl (C=O) groups is 1. The van der Waals surface area contributed by atoms with Crippen LogP contribution in [0.2, 0.25) is 0 Å². The molecule has 1 saturated heterocycles. The monoisotopic (exact) mass is 533 g/mol. The van der Waals surface area contributed by atoms with Crippen molar-refractivity contribution in [2.45, 2.75) is 91.7 Å². The zero-order valence-corrected chi connectivity index (χ0v) is 24.6. The molecule has 5 heterocycles. The van der Waals surface area contributed by atoms with Gasteiger partial charge in [0.25, 0.3) is 0 Å². The molecule has 1 N–H and O–H groups in total.